The molecule has 0 atom stereocenters. The summed E-state index contributed by atoms with van der Waals surface area (Å²) in [5, 5.41) is 0. The van der Waals surface area contributed by atoms with Crippen molar-refractivity contribution in [3.05, 3.63) is 59.9 Å². The molecular weight excluding hydrogens is 388 g/mol. The molecule has 6 heteroatoms. The Morgan fingerprint density at radius 2 is 1.95 bits per heavy atom. The third kappa shape index (κ3) is 10.9. The Morgan fingerprint density at radius 3 is 2.32 bits per heavy atom. The van der Waals surface area contributed by atoms with Gasteiger partial charge in [0.1, 0.15) is 0 Å². The molecule has 0 saturated heterocycles. The maximum atomic E-state index is 10.8. The molecule has 0 fully saturated rings. The molecule has 0 unspecified atom stereocenters. The van der Waals surface area contributed by atoms with Crippen molar-refractivity contribution in [2.24, 2.45) is 0 Å². The van der Waals surface area contributed by atoms with Gasteiger partial charge < -0.3 is 5.73 Å². The average Bonchev–Trinajstić information content (AvgIpc) is 2.45. The number of unbranched alkanes of at least 4 members (excludes halogenated alkanes) is 1. The van der Waals surface area contributed by atoms with Crippen molar-refractivity contribution < 1.29 is 32.2 Å². The van der Waals surface area contributed by atoms with Crippen LogP contribution in [0.1, 0.15) is 30.9 Å². The van der Waals surface area contributed by atoms with Crippen LogP contribution >= 0.6 is 7.60 Å². The molecule has 0 radical (unpaired) electrons. The van der Waals surface area contributed by atoms with Crippen molar-refractivity contribution in [1.82, 2.24) is 0 Å². The van der Waals surface area contributed by atoms with Crippen LogP contribution in [0, 0.1) is 6.58 Å². The van der Waals surface area contributed by atoms with E-state index in [4.69, 9.17) is 22.1 Å². The standard InChI is InChI=1S/C12H12O3P.C4H10N.Rh/c1-3-4-10(2)12-7-5-11(6-8-12)9-16(13,14)15;1-2-3-4-5;/h1-8H,9H2,(H2,13,14,15);5H,2-4H2,1H3;/q2*-1;/b4-3-;;. The number of nitrogens with one attached hydrogen (secondary N) is 1. The molecule has 3 N–H and O–H groups in total. The molecule has 1 rings (SSSR count). The number of hydrogen-bond acceptors (Lipinski definition) is 1. The molecule has 0 heterocycles. The van der Waals surface area contributed by atoms with Crippen LogP contribution in [0.25, 0.3) is 11.3 Å². The van der Waals surface area contributed by atoms with Crippen LogP contribution in [0.5, 0.6) is 0 Å². The summed E-state index contributed by atoms with van der Waals surface area (Å²) in [5.41, 5.74) is 8.61. The molecule has 4 nitrogen and oxygen atoms in total. The number of allylic oxidation sites excluding steroid dienone is 3. The van der Waals surface area contributed by atoms with E-state index < -0.39 is 7.60 Å². The topological polar surface area (TPSA) is 81.3 Å². The average molecular weight is 410 g/mol. The van der Waals surface area contributed by atoms with Crippen LogP contribution in [0.4, 0.5) is 0 Å². The van der Waals surface area contributed by atoms with Gasteiger partial charge in [0, 0.05) is 0 Å². The number of rotatable bonds is 7. The third-order valence-corrected chi connectivity index (χ3v) is 3.64. The molecule has 0 spiro atoms. The second kappa shape index (κ2) is 11.8. The minimum atomic E-state index is -4.00. The Kier molecular flexibility index (Phi) is 11.4. The summed E-state index contributed by atoms with van der Waals surface area (Å²) in [5.74, 6) is 0. The van der Waals surface area contributed by atoms with Gasteiger partial charge in [-0.3, -0.25) is 0 Å². The molecule has 0 bridgehead atoms. The minimum absolute atomic E-state index is 0.249. The second-order valence-corrected chi connectivity index (χ2v) is 6.74. The molecule has 0 aliphatic rings. The van der Waals surface area contributed by atoms with Crippen molar-refractivity contribution in [1.29, 1.82) is 0 Å². The van der Waals surface area contributed by atoms with Gasteiger partial charge in [-0.25, -0.2) is 0 Å². The summed E-state index contributed by atoms with van der Waals surface area (Å²) in [6, 6.07) is 6.81. The van der Waals surface area contributed by atoms with E-state index in [1.54, 1.807) is 41.0 Å². The zero-order valence-electron chi connectivity index (χ0n) is 12.5. The van der Waals surface area contributed by atoms with Gasteiger partial charge in [0.25, 0.3) is 0 Å². The summed E-state index contributed by atoms with van der Waals surface area (Å²) in [6.07, 6.45) is 5.49. The van der Waals surface area contributed by atoms with Crippen LogP contribution in [-0.4, -0.2) is 20.9 Å². The predicted molar refractivity (Wildman–Crippen MR) is 89.2 cm³/mol. The molecule has 0 aromatic heterocycles. The third-order valence-electron chi connectivity index (χ3n) is 2.55. The van der Waals surface area contributed by atoms with Gasteiger partial charge in [-0.05, 0) is 0 Å². The van der Waals surface area contributed by atoms with E-state index in [1.165, 1.54) is 0 Å². The molecule has 0 saturated carbocycles. The van der Waals surface area contributed by atoms with Gasteiger partial charge in [-0.15, -0.1) is 0 Å². The molecule has 0 aliphatic carbocycles. The van der Waals surface area contributed by atoms with Crippen molar-refractivity contribution in [3.8, 4) is 0 Å². The monoisotopic (exact) mass is 410 g/mol. The summed E-state index contributed by atoms with van der Waals surface area (Å²) in [6.45, 7) is 8.49. The van der Waals surface area contributed by atoms with E-state index in [9.17, 15) is 4.57 Å². The summed E-state index contributed by atoms with van der Waals surface area (Å²) >= 11 is 2.62. The van der Waals surface area contributed by atoms with E-state index in [-0.39, 0.29) is 6.16 Å². The first-order valence-electron chi connectivity index (χ1n) is 6.82. The van der Waals surface area contributed by atoms with Crippen molar-refractivity contribution in [2.75, 3.05) is 6.54 Å². The SMILES string of the molecule is CCCC[NH-].[CH-]=C(/C=C\[CH]=[Rh])c1ccc(CP(=O)(O)O)cc1. The second-order valence-electron chi connectivity index (χ2n) is 4.55. The van der Waals surface area contributed by atoms with Crippen LogP contribution in [0.2, 0.25) is 0 Å². The van der Waals surface area contributed by atoms with Crippen molar-refractivity contribution in [2.45, 2.75) is 25.9 Å². The molecule has 0 amide bonds. The quantitative estimate of drug-likeness (QED) is 0.309. The van der Waals surface area contributed by atoms with Gasteiger partial charge in [0.15, 0.2) is 0 Å². The van der Waals surface area contributed by atoms with Gasteiger partial charge in [0.2, 0.25) is 0 Å². The summed E-state index contributed by atoms with van der Waals surface area (Å²) in [4.78, 5) is 17.7. The maximum absolute atomic E-state index is 10.8. The van der Waals surface area contributed by atoms with Crippen LogP contribution < -0.4 is 0 Å². The molecule has 0 aliphatic heterocycles. The zero-order valence-corrected chi connectivity index (χ0v) is 15.1. The van der Waals surface area contributed by atoms with Gasteiger partial charge in [0.05, 0.1) is 0 Å². The van der Waals surface area contributed by atoms with E-state index in [0.717, 1.165) is 18.4 Å². The zero-order chi connectivity index (χ0) is 17.0. The van der Waals surface area contributed by atoms with Crippen LogP contribution in [0.15, 0.2) is 36.4 Å². The van der Waals surface area contributed by atoms with E-state index >= 15 is 0 Å². The summed E-state index contributed by atoms with van der Waals surface area (Å²) < 4.78 is 12.6. The number of hydrogen-bond donors (Lipinski definition) is 2. The fourth-order valence-corrected chi connectivity index (χ4v) is 2.29. The Morgan fingerprint density at radius 1 is 1.36 bits per heavy atom. The molecule has 125 valence electrons. The van der Waals surface area contributed by atoms with E-state index in [2.05, 4.69) is 24.8 Å². The Labute approximate surface area is 142 Å². The first-order chi connectivity index (χ1) is 10.3. The van der Waals surface area contributed by atoms with Gasteiger partial charge >= 0.3 is 110 Å². The molecule has 1 aromatic rings. The Balaban J connectivity index is 0.000000763. The number of benzene rings is 1. The summed E-state index contributed by atoms with van der Waals surface area (Å²) in [7, 11) is -4.00. The van der Waals surface area contributed by atoms with E-state index in [1.807, 2.05) is 0 Å². The first kappa shape index (κ1) is 21.3. The van der Waals surface area contributed by atoms with Crippen LogP contribution in [0.3, 0.4) is 0 Å². The fourth-order valence-electron chi connectivity index (χ4n) is 1.45. The first-order valence-corrected chi connectivity index (χ1v) is 9.56. The molecular formula is C16H22NO3PRh-2. The Bertz CT molecular complexity index is 533. The van der Waals surface area contributed by atoms with Gasteiger partial charge in [-0.2, -0.15) is 6.54 Å². The van der Waals surface area contributed by atoms with Crippen LogP contribution in [-0.2, 0) is 28.6 Å². The normalized spacial score (nSPS) is 11.0. The predicted octanol–water partition coefficient (Wildman–Crippen LogP) is 3.92. The van der Waals surface area contributed by atoms with Crippen molar-refractivity contribution in [3.63, 3.8) is 0 Å². The molecule has 22 heavy (non-hydrogen) atoms. The fraction of sp³-hybridized carbons (Fsp3) is 0.312. The van der Waals surface area contributed by atoms with E-state index in [0.29, 0.717) is 17.7 Å². The Hall–Kier alpha value is -0.697. The van der Waals surface area contributed by atoms with Crippen molar-refractivity contribution >= 4 is 17.8 Å². The van der Waals surface area contributed by atoms with Gasteiger partial charge in [-0.1, -0.05) is 19.8 Å². The molecule has 1 aromatic carbocycles.